The molecule has 9 nitrogen and oxygen atoms in total. The third kappa shape index (κ3) is 4.53. The molecule has 2 aromatic rings. The van der Waals surface area contributed by atoms with Gasteiger partial charge in [0.25, 0.3) is 5.56 Å². The average molecular weight is 425 g/mol. The Morgan fingerprint density at radius 1 is 1.39 bits per heavy atom. The van der Waals surface area contributed by atoms with Gasteiger partial charge in [0.15, 0.2) is 5.03 Å². The molecule has 0 radical (unpaired) electrons. The van der Waals surface area contributed by atoms with Gasteiger partial charge in [-0.15, -0.1) is 11.3 Å². The number of nitrogens with zero attached hydrogens (tertiary/aromatic N) is 1. The van der Waals surface area contributed by atoms with Gasteiger partial charge in [-0.05, 0) is 37.7 Å². The molecule has 1 aliphatic rings. The van der Waals surface area contributed by atoms with Crippen LogP contribution in [0.5, 0.6) is 0 Å². The van der Waals surface area contributed by atoms with Crippen LogP contribution in [-0.2, 0) is 22.4 Å². The summed E-state index contributed by atoms with van der Waals surface area (Å²) in [6, 6.07) is 0. The van der Waals surface area contributed by atoms with Crippen molar-refractivity contribution >= 4 is 40.0 Å². The third-order valence-corrected chi connectivity index (χ3v) is 6.39. The number of carbonyl (C=O) groups excluding carboxylic acids is 2. The maximum atomic E-state index is 12.5. The van der Waals surface area contributed by atoms with Gasteiger partial charge in [-0.1, -0.05) is 18.7 Å². The summed E-state index contributed by atoms with van der Waals surface area (Å²) in [6.07, 6.45) is 2.64. The molecule has 1 unspecified atom stereocenters. The Kier molecular flexibility index (Phi) is 6.35. The van der Waals surface area contributed by atoms with Crippen molar-refractivity contribution in [2.45, 2.75) is 38.1 Å². The predicted octanol–water partition coefficient (Wildman–Crippen LogP) is 1.55. The van der Waals surface area contributed by atoms with Gasteiger partial charge in [0, 0.05) is 4.88 Å². The van der Waals surface area contributed by atoms with E-state index in [1.165, 1.54) is 11.3 Å². The number of rotatable bonds is 6. The highest BCUT2D eigenvalue weighted by Crippen LogP contribution is 2.40. The number of ether oxygens (including phenoxy) is 1. The lowest BCUT2D eigenvalue weighted by atomic mass is 9.88. The standard InChI is InChI=1S/C17H20N4O5S2/c1-3-26-16(24)12-9-5-4-8(2)6-10(9)28-14(12)18-11(22)7-27-15-13(23)19-17(25)21-20-15/h8H,3-7H2,1-2H3,(H,18,22)(H2,19,21,23,25). The van der Waals surface area contributed by atoms with Crippen LogP contribution in [0.3, 0.4) is 0 Å². The minimum atomic E-state index is -0.712. The number of thioether (sulfide) groups is 1. The molecule has 11 heteroatoms. The molecule has 3 N–H and O–H groups in total. The zero-order valence-electron chi connectivity index (χ0n) is 15.4. The van der Waals surface area contributed by atoms with Crippen molar-refractivity contribution in [1.29, 1.82) is 0 Å². The lowest BCUT2D eigenvalue weighted by Crippen LogP contribution is -2.25. The topological polar surface area (TPSA) is 134 Å². The summed E-state index contributed by atoms with van der Waals surface area (Å²) in [5, 5.41) is 8.97. The SMILES string of the molecule is CCOC(=O)c1c(NC(=O)CSc2n[nH]c(=O)[nH]c2=O)sc2c1CCC(C)C2. The van der Waals surface area contributed by atoms with Crippen LogP contribution in [0.25, 0.3) is 0 Å². The number of aromatic nitrogens is 3. The molecule has 0 bridgehead atoms. The van der Waals surface area contributed by atoms with Crippen molar-refractivity contribution in [2.24, 2.45) is 5.92 Å². The van der Waals surface area contributed by atoms with Crippen molar-refractivity contribution in [3.8, 4) is 0 Å². The first-order chi connectivity index (χ1) is 13.4. The number of aromatic amines is 2. The van der Waals surface area contributed by atoms with Crippen molar-refractivity contribution in [3.05, 3.63) is 36.8 Å². The number of thiophene rings is 1. The Morgan fingerprint density at radius 3 is 2.89 bits per heavy atom. The van der Waals surface area contributed by atoms with Crippen LogP contribution < -0.4 is 16.6 Å². The normalized spacial score (nSPS) is 15.7. The second-order valence-corrected chi connectivity index (χ2v) is 8.49. The molecular weight excluding hydrogens is 404 g/mol. The molecule has 0 saturated heterocycles. The van der Waals surface area contributed by atoms with E-state index in [1.807, 2.05) is 4.98 Å². The van der Waals surface area contributed by atoms with Crippen LogP contribution in [0.15, 0.2) is 14.6 Å². The van der Waals surface area contributed by atoms with Crippen LogP contribution in [0.4, 0.5) is 5.00 Å². The minimum Gasteiger partial charge on any atom is -0.462 e. The molecule has 2 aromatic heterocycles. The number of H-pyrrole nitrogens is 2. The molecule has 150 valence electrons. The second-order valence-electron chi connectivity index (χ2n) is 6.43. The van der Waals surface area contributed by atoms with E-state index < -0.39 is 17.2 Å². The largest absolute Gasteiger partial charge is 0.462 e. The molecular formula is C17H20N4O5S2. The van der Waals surface area contributed by atoms with Gasteiger partial charge in [0.05, 0.1) is 17.9 Å². The van der Waals surface area contributed by atoms with Gasteiger partial charge in [-0.3, -0.25) is 14.6 Å². The lowest BCUT2D eigenvalue weighted by molar-refractivity contribution is -0.113. The van der Waals surface area contributed by atoms with Gasteiger partial charge in [-0.25, -0.2) is 14.7 Å². The molecule has 0 aliphatic heterocycles. The molecule has 1 amide bonds. The third-order valence-electron chi connectivity index (χ3n) is 4.26. The highest BCUT2D eigenvalue weighted by atomic mass is 32.2. The fraction of sp³-hybridized carbons (Fsp3) is 0.471. The van der Waals surface area contributed by atoms with Gasteiger partial charge in [-0.2, -0.15) is 5.10 Å². The van der Waals surface area contributed by atoms with Gasteiger partial charge in [0.2, 0.25) is 5.91 Å². The van der Waals surface area contributed by atoms with Crippen molar-refractivity contribution in [3.63, 3.8) is 0 Å². The van der Waals surface area contributed by atoms with Crippen LogP contribution in [-0.4, -0.2) is 39.4 Å². The molecule has 3 rings (SSSR count). The summed E-state index contributed by atoms with van der Waals surface area (Å²) in [4.78, 5) is 50.6. The molecule has 1 aliphatic carbocycles. The number of hydrogen-bond acceptors (Lipinski definition) is 8. The molecule has 0 fully saturated rings. The fourth-order valence-electron chi connectivity index (χ4n) is 2.99. The summed E-state index contributed by atoms with van der Waals surface area (Å²) in [5.74, 6) is -0.382. The van der Waals surface area contributed by atoms with Gasteiger partial charge < -0.3 is 10.1 Å². The Morgan fingerprint density at radius 2 is 2.18 bits per heavy atom. The van der Waals surface area contributed by atoms with Crippen molar-refractivity contribution in [2.75, 3.05) is 17.7 Å². The van der Waals surface area contributed by atoms with E-state index in [1.54, 1.807) is 6.92 Å². The van der Waals surface area contributed by atoms with E-state index in [0.29, 0.717) is 16.5 Å². The smallest absolute Gasteiger partial charge is 0.342 e. The number of carbonyl (C=O) groups is 2. The van der Waals surface area contributed by atoms with E-state index in [-0.39, 0.29) is 23.3 Å². The average Bonchev–Trinajstić information content (AvgIpc) is 2.97. The Labute approximate surface area is 168 Å². The highest BCUT2D eigenvalue weighted by Gasteiger charge is 2.29. The molecule has 2 heterocycles. The Balaban J connectivity index is 1.77. The van der Waals surface area contributed by atoms with Crippen LogP contribution >= 0.6 is 23.1 Å². The van der Waals surface area contributed by atoms with Crippen molar-refractivity contribution < 1.29 is 14.3 Å². The fourth-order valence-corrected chi connectivity index (χ4v) is 5.04. The number of hydrogen-bond donors (Lipinski definition) is 3. The summed E-state index contributed by atoms with van der Waals surface area (Å²) < 4.78 is 5.18. The van der Waals surface area contributed by atoms with Gasteiger partial charge in [0.1, 0.15) is 5.00 Å². The number of esters is 1. The van der Waals surface area contributed by atoms with E-state index in [0.717, 1.165) is 41.5 Å². The first-order valence-corrected chi connectivity index (χ1v) is 10.6. The van der Waals surface area contributed by atoms with Crippen molar-refractivity contribution in [1.82, 2.24) is 15.2 Å². The number of fused-ring (bicyclic) bond motifs is 1. The van der Waals surface area contributed by atoms with Gasteiger partial charge >= 0.3 is 11.7 Å². The molecule has 0 spiro atoms. The zero-order valence-corrected chi connectivity index (χ0v) is 17.1. The first kappa shape index (κ1) is 20.3. The Bertz CT molecular complexity index is 1010. The Hall–Kier alpha value is -2.40. The molecule has 28 heavy (non-hydrogen) atoms. The van der Waals surface area contributed by atoms with Crippen LogP contribution in [0, 0.1) is 5.92 Å². The minimum absolute atomic E-state index is 0.0142. The van der Waals surface area contributed by atoms with E-state index in [9.17, 15) is 19.2 Å². The van der Waals surface area contributed by atoms with Crippen LogP contribution in [0.2, 0.25) is 0 Å². The lowest BCUT2D eigenvalue weighted by Gasteiger charge is -2.18. The number of anilines is 1. The number of nitrogens with one attached hydrogen (secondary N) is 3. The van der Waals surface area contributed by atoms with E-state index in [2.05, 4.69) is 22.4 Å². The number of amides is 1. The molecule has 1 atom stereocenters. The summed E-state index contributed by atoms with van der Waals surface area (Å²) in [5.41, 5.74) is 0.0287. The quantitative estimate of drug-likeness (QED) is 0.473. The van der Waals surface area contributed by atoms with Crippen LogP contribution in [0.1, 0.15) is 41.1 Å². The first-order valence-electron chi connectivity index (χ1n) is 8.82. The molecule has 0 saturated carbocycles. The summed E-state index contributed by atoms with van der Waals surface area (Å²) in [6.45, 7) is 4.16. The second kappa shape index (κ2) is 8.74. The monoisotopic (exact) mass is 424 g/mol. The predicted molar refractivity (Wildman–Crippen MR) is 106 cm³/mol. The summed E-state index contributed by atoms with van der Waals surface area (Å²) in [7, 11) is 0. The van der Waals surface area contributed by atoms with E-state index >= 15 is 0 Å². The maximum absolute atomic E-state index is 12.5. The van der Waals surface area contributed by atoms with E-state index in [4.69, 9.17) is 4.74 Å². The zero-order chi connectivity index (χ0) is 20.3. The summed E-state index contributed by atoms with van der Waals surface area (Å²) >= 11 is 2.30. The molecule has 0 aromatic carbocycles. The maximum Gasteiger partial charge on any atom is 0.342 e. The highest BCUT2D eigenvalue weighted by molar-refractivity contribution is 7.99.